The lowest BCUT2D eigenvalue weighted by Crippen LogP contribution is -2.22. The number of ether oxygens (including phenoxy) is 1. The van der Waals surface area contributed by atoms with E-state index in [0.29, 0.717) is 11.4 Å². The number of hydrogen-bond acceptors (Lipinski definition) is 3. The van der Waals surface area contributed by atoms with Crippen molar-refractivity contribution in [2.75, 3.05) is 12.4 Å². The van der Waals surface area contributed by atoms with Crippen LogP contribution in [0.3, 0.4) is 0 Å². The Bertz CT molecular complexity index is 440. The van der Waals surface area contributed by atoms with E-state index in [9.17, 15) is 9.59 Å². The van der Waals surface area contributed by atoms with Gasteiger partial charge in [-0.2, -0.15) is 0 Å². The van der Waals surface area contributed by atoms with Crippen molar-refractivity contribution in [2.45, 2.75) is 19.8 Å². The summed E-state index contributed by atoms with van der Waals surface area (Å²) in [4.78, 5) is 21.6. The van der Waals surface area contributed by atoms with Gasteiger partial charge in [0.15, 0.2) is 0 Å². The Hall–Kier alpha value is -2.04. The van der Waals surface area contributed by atoms with Gasteiger partial charge >= 0.3 is 11.9 Å². The smallest absolute Gasteiger partial charge is 0.394 e. The molecule has 0 radical (unpaired) electrons. The summed E-state index contributed by atoms with van der Waals surface area (Å²) in [6.45, 7) is 4.01. The van der Waals surface area contributed by atoms with E-state index >= 15 is 0 Å². The van der Waals surface area contributed by atoms with Crippen LogP contribution in [-0.2, 0) is 9.59 Å². The minimum absolute atomic E-state index is 0.279. The fourth-order valence-corrected chi connectivity index (χ4v) is 1.36. The van der Waals surface area contributed by atoms with E-state index < -0.39 is 11.9 Å². The van der Waals surface area contributed by atoms with Gasteiger partial charge in [-0.25, -0.2) is 4.79 Å². The third-order valence-electron chi connectivity index (χ3n) is 2.33. The number of aliphatic carboxylic acids is 1. The zero-order valence-electron chi connectivity index (χ0n) is 9.98. The topological polar surface area (TPSA) is 75.6 Å². The maximum absolute atomic E-state index is 11.1. The molecular weight excluding hydrogens is 222 g/mol. The number of hydrogen-bond donors (Lipinski definition) is 2. The van der Waals surface area contributed by atoms with Crippen LogP contribution in [0.4, 0.5) is 5.69 Å². The van der Waals surface area contributed by atoms with E-state index in [1.165, 1.54) is 7.11 Å². The summed E-state index contributed by atoms with van der Waals surface area (Å²) in [6, 6.07) is 5.29. The van der Waals surface area contributed by atoms with Gasteiger partial charge in [0.1, 0.15) is 5.75 Å². The van der Waals surface area contributed by atoms with Crippen molar-refractivity contribution in [2.24, 2.45) is 0 Å². The highest BCUT2D eigenvalue weighted by atomic mass is 16.5. The van der Waals surface area contributed by atoms with E-state index in [0.717, 1.165) is 5.56 Å². The van der Waals surface area contributed by atoms with Crippen LogP contribution in [-0.4, -0.2) is 24.1 Å². The summed E-state index contributed by atoms with van der Waals surface area (Å²) >= 11 is 0. The van der Waals surface area contributed by atoms with Crippen molar-refractivity contribution in [1.82, 2.24) is 0 Å². The second-order valence-corrected chi connectivity index (χ2v) is 3.87. The molecule has 92 valence electrons. The molecule has 0 atom stereocenters. The van der Waals surface area contributed by atoms with Crippen molar-refractivity contribution in [3.8, 4) is 5.75 Å². The molecule has 0 saturated heterocycles. The first-order chi connectivity index (χ1) is 7.95. The van der Waals surface area contributed by atoms with Crippen molar-refractivity contribution >= 4 is 17.6 Å². The number of amides is 1. The van der Waals surface area contributed by atoms with Crippen LogP contribution in [0.5, 0.6) is 5.75 Å². The van der Waals surface area contributed by atoms with Crippen molar-refractivity contribution in [3.63, 3.8) is 0 Å². The zero-order valence-corrected chi connectivity index (χ0v) is 9.98. The molecule has 0 fully saturated rings. The molecule has 0 saturated carbocycles. The Balaban J connectivity index is 3.06. The zero-order chi connectivity index (χ0) is 13.0. The van der Waals surface area contributed by atoms with Gasteiger partial charge < -0.3 is 15.2 Å². The van der Waals surface area contributed by atoms with E-state index in [2.05, 4.69) is 5.32 Å². The highest BCUT2D eigenvalue weighted by Crippen LogP contribution is 2.28. The molecule has 5 nitrogen and oxygen atoms in total. The quantitative estimate of drug-likeness (QED) is 0.786. The summed E-state index contributed by atoms with van der Waals surface area (Å²) < 4.78 is 5.05. The number of methoxy groups -OCH3 is 1. The predicted molar refractivity (Wildman–Crippen MR) is 63.3 cm³/mol. The Morgan fingerprint density at radius 3 is 2.47 bits per heavy atom. The average Bonchev–Trinajstić information content (AvgIpc) is 2.28. The standard InChI is InChI=1S/C12H15NO4/c1-7(2)8-4-5-10(17-3)9(6-8)13-11(14)12(15)16/h4-7H,1-3H3,(H,13,14)(H,15,16). The van der Waals surface area contributed by atoms with Crippen LogP contribution in [0.1, 0.15) is 25.3 Å². The molecule has 0 aliphatic rings. The number of nitrogens with one attached hydrogen (secondary N) is 1. The van der Waals surface area contributed by atoms with E-state index in [-0.39, 0.29) is 5.92 Å². The van der Waals surface area contributed by atoms with E-state index in [1.807, 2.05) is 19.9 Å². The molecule has 0 aliphatic carbocycles. The molecule has 1 amide bonds. The van der Waals surface area contributed by atoms with Gasteiger partial charge in [0, 0.05) is 0 Å². The van der Waals surface area contributed by atoms with Crippen LogP contribution < -0.4 is 10.1 Å². The number of carbonyl (C=O) groups excluding carboxylic acids is 1. The van der Waals surface area contributed by atoms with Gasteiger partial charge in [-0.15, -0.1) is 0 Å². The van der Waals surface area contributed by atoms with Crippen LogP contribution in [0, 0.1) is 0 Å². The molecule has 2 N–H and O–H groups in total. The lowest BCUT2D eigenvalue weighted by atomic mass is 10.0. The summed E-state index contributed by atoms with van der Waals surface area (Å²) in [5.41, 5.74) is 1.36. The molecule has 17 heavy (non-hydrogen) atoms. The molecule has 0 heterocycles. The highest BCUT2D eigenvalue weighted by Gasteiger charge is 2.14. The Morgan fingerprint density at radius 2 is 2.00 bits per heavy atom. The molecule has 0 unspecified atom stereocenters. The largest absolute Gasteiger partial charge is 0.495 e. The van der Waals surface area contributed by atoms with Gasteiger partial charge in [0.25, 0.3) is 0 Å². The molecule has 0 spiro atoms. The van der Waals surface area contributed by atoms with Gasteiger partial charge in [-0.05, 0) is 23.6 Å². The molecule has 1 aromatic rings. The van der Waals surface area contributed by atoms with Crippen LogP contribution >= 0.6 is 0 Å². The van der Waals surface area contributed by atoms with E-state index in [4.69, 9.17) is 9.84 Å². The summed E-state index contributed by atoms with van der Waals surface area (Å²) in [7, 11) is 1.46. The molecule has 0 aromatic heterocycles. The fraction of sp³-hybridized carbons (Fsp3) is 0.333. The van der Waals surface area contributed by atoms with Crippen molar-refractivity contribution in [3.05, 3.63) is 23.8 Å². The minimum atomic E-state index is -1.53. The number of rotatable bonds is 3. The van der Waals surface area contributed by atoms with Gasteiger partial charge in [-0.3, -0.25) is 4.79 Å². The summed E-state index contributed by atoms with van der Waals surface area (Å²) in [5.74, 6) is -1.89. The van der Waals surface area contributed by atoms with Crippen LogP contribution in [0.25, 0.3) is 0 Å². The number of carboxylic acid groups (broad SMARTS) is 1. The lowest BCUT2D eigenvalue weighted by molar-refractivity contribution is -0.147. The first kappa shape index (κ1) is 13.0. The van der Waals surface area contributed by atoms with Crippen molar-refractivity contribution in [1.29, 1.82) is 0 Å². The normalized spacial score (nSPS) is 10.1. The summed E-state index contributed by atoms with van der Waals surface area (Å²) in [5, 5.41) is 10.8. The number of carbonyl (C=O) groups is 2. The Kier molecular flexibility index (Phi) is 4.09. The molecule has 1 aromatic carbocycles. The van der Waals surface area contributed by atoms with Crippen molar-refractivity contribution < 1.29 is 19.4 Å². The molecule has 1 rings (SSSR count). The number of carboxylic acids is 1. The summed E-state index contributed by atoms with van der Waals surface area (Å²) in [6.07, 6.45) is 0. The molecule has 0 aliphatic heterocycles. The molecule has 0 bridgehead atoms. The Morgan fingerprint density at radius 1 is 1.35 bits per heavy atom. The number of anilines is 1. The third kappa shape index (κ3) is 3.21. The SMILES string of the molecule is COc1ccc(C(C)C)cc1NC(=O)C(=O)O. The van der Waals surface area contributed by atoms with E-state index in [1.54, 1.807) is 12.1 Å². The third-order valence-corrected chi connectivity index (χ3v) is 2.33. The monoisotopic (exact) mass is 237 g/mol. The molecular formula is C12H15NO4. The maximum atomic E-state index is 11.1. The second kappa shape index (κ2) is 5.34. The van der Waals surface area contributed by atoms with Crippen LogP contribution in [0.2, 0.25) is 0 Å². The average molecular weight is 237 g/mol. The Labute approximate surface area is 99.4 Å². The highest BCUT2D eigenvalue weighted by molar-refractivity contribution is 6.36. The second-order valence-electron chi connectivity index (χ2n) is 3.87. The number of benzene rings is 1. The lowest BCUT2D eigenvalue weighted by Gasteiger charge is -2.12. The fourth-order valence-electron chi connectivity index (χ4n) is 1.36. The van der Waals surface area contributed by atoms with Gasteiger partial charge in [0.2, 0.25) is 0 Å². The first-order valence-corrected chi connectivity index (χ1v) is 5.18. The van der Waals surface area contributed by atoms with Gasteiger partial charge in [-0.1, -0.05) is 19.9 Å². The van der Waals surface area contributed by atoms with Gasteiger partial charge in [0.05, 0.1) is 12.8 Å². The first-order valence-electron chi connectivity index (χ1n) is 5.18. The maximum Gasteiger partial charge on any atom is 0.394 e. The molecule has 5 heteroatoms. The van der Waals surface area contributed by atoms with Crippen LogP contribution in [0.15, 0.2) is 18.2 Å². The minimum Gasteiger partial charge on any atom is -0.495 e. The predicted octanol–water partition coefficient (Wildman–Crippen LogP) is 1.84.